The Morgan fingerprint density at radius 2 is 0.970 bits per heavy atom. The van der Waals surface area contributed by atoms with Crippen LogP contribution in [0.4, 0.5) is 0 Å². The minimum absolute atomic E-state index is 0.825. The van der Waals surface area contributed by atoms with Gasteiger partial charge < -0.3 is 0 Å². The third-order valence-corrected chi connectivity index (χ3v) is 9.24. The van der Waals surface area contributed by atoms with E-state index in [1.54, 1.807) is 0 Å². The van der Waals surface area contributed by atoms with Gasteiger partial charge in [0, 0.05) is 21.4 Å². The maximum absolute atomic E-state index is 15.2. The normalized spacial score (nSPS) is 11.8. The Hall–Kier alpha value is -3.87. The molecule has 6 aromatic rings. The summed E-state index contributed by atoms with van der Waals surface area (Å²) < 4.78 is 17.3. The first-order valence-electron chi connectivity index (χ1n) is 11.1. The Morgan fingerprint density at radius 3 is 1.61 bits per heavy atom. The van der Waals surface area contributed by atoms with E-state index in [0.717, 1.165) is 38.0 Å². The van der Waals surface area contributed by atoms with Crippen LogP contribution in [0.25, 0.3) is 32.9 Å². The molecule has 1 aromatic heterocycles. The van der Waals surface area contributed by atoms with Gasteiger partial charge in [-0.1, -0.05) is 91.0 Å². The molecule has 0 aliphatic heterocycles. The highest BCUT2D eigenvalue weighted by molar-refractivity contribution is 7.77. The molecule has 0 amide bonds. The van der Waals surface area contributed by atoms with Crippen molar-refractivity contribution in [1.29, 1.82) is 0 Å². The lowest BCUT2D eigenvalue weighted by Gasteiger charge is -2.23. The minimum atomic E-state index is -3.19. The molecule has 158 valence electrons. The smallest absolute Gasteiger partial charge is 0.234 e. The second kappa shape index (κ2) is 7.92. The lowest BCUT2D eigenvalue weighted by atomic mass is 10.0. The summed E-state index contributed by atoms with van der Waals surface area (Å²) in [5, 5.41) is 3.87. The fraction of sp³-hybridized carbons (Fsp3) is 0. The van der Waals surface area contributed by atoms with Crippen molar-refractivity contribution in [3.63, 3.8) is 0 Å². The maximum atomic E-state index is 15.2. The van der Waals surface area contributed by atoms with Gasteiger partial charge in [0.25, 0.3) is 0 Å². The summed E-state index contributed by atoms with van der Waals surface area (Å²) in [5.41, 5.74) is 4.28. The SMILES string of the molecule is O=P(c1ccccc1)(c1ccccc1)n1c2ccccc2c2cc(-c3ccccc3)ccc21. The van der Waals surface area contributed by atoms with Crippen LogP contribution in [0.3, 0.4) is 0 Å². The zero-order chi connectivity index (χ0) is 22.3. The quantitative estimate of drug-likeness (QED) is 0.263. The van der Waals surface area contributed by atoms with Crippen molar-refractivity contribution in [2.24, 2.45) is 0 Å². The molecule has 0 bridgehead atoms. The molecular formula is C30H22NOP. The van der Waals surface area contributed by atoms with E-state index in [4.69, 9.17) is 0 Å². The number of aromatic nitrogens is 1. The van der Waals surface area contributed by atoms with E-state index in [-0.39, 0.29) is 0 Å². The van der Waals surface area contributed by atoms with Crippen LogP contribution in [-0.4, -0.2) is 4.34 Å². The average molecular weight is 443 g/mol. The highest BCUT2D eigenvalue weighted by atomic mass is 31.2. The van der Waals surface area contributed by atoms with E-state index in [0.29, 0.717) is 0 Å². The van der Waals surface area contributed by atoms with Gasteiger partial charge in [0.2, 0.25) is 7.29 Å². The fourth-order valence-electron chi connectivity index (χ4n) is 4.71. The molecule has 5 aromatic carbocycles. The topological polar surface area (TPSA) is 22.0 Å². The third kappa shape index (κ3) is 3.15. The molecule has 0 radical (unpaired) electrons. The van der Waals surface area contributed by atoms with Crippen molar-refractivity contribution in [2.75, 3.05) is 0 Å². The van der Waals surface area contributed by atoms with Gasteiger partial charge >= 0.3 is 0 Å². The van der Waals surface area contributed by atoms with Gasteiger partial charge in [-0.3, -0.25) is 8.90 Å². The van der Waals surface area contributed by atoms with Gasteiger partial charge in [-0.05, 0) is 53.6 Å². The summed E-state index contributed by atoms with van der Waals surface area (Å²) in [4.78, 5) is 0. The molecule has 3 heteroatoms. The number of para-hydroxylation sites is 1. The molecule has 0 saturated carbocycles. The second-order valence-electron chi connectivity index (χ2n) is 8.17. The van der Waals surface area contributed by atoms with E-state index in [9.17, 15) is 0 Å². The maximum Gasteiger partial charge on any atom is 0.234 e. The molecule has 0 spiro atoms. The Labute approximate surface area is 193 Å². The lowest BCUT2D eigenvalue weighted by Crippen LogP contribution is -2.21. The Bertz CT molecular complexity index is 1580. The molecule has 1 heterocycles. The summed E-state index contributed by atoms with van der Waals surface area (Å²) in [5.74, 6) is 0. The molecular weight excluding hydrogens is 421 g/mol. The van der Waals surface area contributed by atoms with Crippen molar-refractivity contribution in [2.45, 2.75) is 0 Å². The molecule has 2 nitrogen and oxygen atoms in total. The Balaban J connectivity index is 1.73. The standard InChI is InChI=1S/C30H22NOP/c32-33(25-14-6-2-7-15-25,26-16-8-3-9-17-26)31-29-19-11-10-18-27(29)28-22-24(20-21-30(28)31)23-12-4-1-5-13-23/h1-22H. The van der Waals surface area contributed by atoms with Crippen molar-refractivity contribution in [3.05, 3.63) is 133 Å². The largest absolute Gasteiger partial charge is 0.290 e. The minimum Gasteiger partial charge on any atom is -0.290 e. The van der Waals surface area contributed by atoms with Crippen LogP contribution >= 0.6 is 7.29 Å². The predicted molar refractivity (Wildman–Crippen MR) is 140 cm³/mol. The van der Waals surface area contributed by atoms with Crippen LogP contribution in [0.15, 0.2) is 133 Å². The van der Waals surface area contributed by atoms with Gasteiger partial charge in [0.15, 0.2) is 0 Å². The van der Waals surface area contributed by atoms with Crippen LogP contribution in [0.1, 0.15) is 0 Å². The Kier molecular flexibility index (Phi) is 4.75. The Morgan fingerprint density at radius 1 is 0.455 bits per heavy atom. The van der Waals surface area contributed by atoms with E-state index in [1.165, 1.54) is 5.56 Å². The van der Waals surface area contributed by atoms with Crippen molar-refractivity contribution >= 4 is 39.7 Å². The highest BCUT2D eigenvalue weighted by Crippen LogP contribution is 2.51. The molecule has 33 heavy (non-hydrogen) atoms. The second-order valence-corrected chi connectivity index (χ2v) is 10.8. The molecule has 0 fully saturated rings. The number of hydrogen-bond acceptors (Lipinski definition) is 1. The zero-order valence-electron chi connectivity index (χ0n) is 18.0. The summed E-state index contributed by atoms with van der Waals surface area (Å²) in [7, 11) is -3.19. The summed E-state index contributed by atoms with van der Waals surface area (Å²) >= 11 is 0. The lowest BCUT2D eigenvalue weighted by molar-refractivity contribution is 0.583. The van der Waals surface area contributed by atoms with Crippen LogP contribution in [0.5, 0.6) is 0 Å². The van der Waals surface area contributed by atoms with Gasteiger partial charge in [-0.25, -0.2) is 0 Å². The number of nitrogens with zero attached hydrogens (tertiary/aromatic N) is 1. The summed E-state index contributed by atoms with van der Waals surface area (Å²) in [6, 6.07) is 44.9. The van der Waals surface area contributed by atoms with Gasteiger partial charge in [0.1, 0.15) is 0 Å². The number of benzene rings is 5. The number of rotatable bonds is 4. The first-order chi connectivity index (χ1) is 16.3. The van der Waals surface area contributed by atoms with E-state index < -0.39 is 7.29 Å². The molecule has 0 atom stereocenters. The molecule has 6 rings (SSSR count). The van der Waals surface area contributed by atoms with Gasteiger partial charge in [0.05, 0.1) is 11.0 Å². The molecule has 0 aliphatic carbocycles. The third-order valence-electron chi connectivity index (χ3n) is 6.25. The number of fused-ring (bicyclic) bond motifs is 3. The van der Waals surface area contributed by atoms with Gasteiger partial charge in [-0.2, -0.15) is 0 Å². The first-order valence-corrected chi connectivity index (χ1v) is 12.7. The molecule has 0 unspecified atom stereocenters. The monoisotopic (exact) mass is 443 g/mol. The van der Waals surface area contributed by atoms with Crippen LogP contribution in [0.2, 0.25) is 0 Å². The highest BCUT2D eigenvalue weighted by Gasteiger charge is 2.32. The first kappa shape index (κ1) is 19.8. The zero-order valence-corrected chi connectivity index (χ0v) is 18.9. The van der Waals surface area contributed by atoms with E-state index in [1.807, 2.05) is 72.8 Å². The van der Waals surface area contributed by atoms with E-state index in [2.05, 4.69) is 65.0 Å². The molecule has 0 N–H and O–H groups in total. The van der Waals surface area contributed by atoms with Crippen molar-refractivity contribution < 1.29 is 4.57 Å². The van der Waals surface area contributed by atoms with Gasteiger partial charge in [-0.15, -0.1) is 0 Å². The average Bonchev–Trinajstić information content (AvgIpc) is 3.24. The summed E-state index contributed by atoms with van der Waals surface area (Å²) in [6.07, 6.45) is 0. The molecule has 0 saturated heterocycles. The van der Waals surface area contributed by atoms with E-state index >= 15 is 4.57 Å². The number of hydrogen-bond donors (Lipinski definition) is 0. The van der Waals surface area contributed by atoms with Crippen LogP contribution in [-0.2, 0) is 4.57 Å². The predicted octanol–water partition coefficient (Wildman–Crippen LogP) is 7.24. The van der Waals surface area contributed by atoms with Crippen molar-refractivity contribution in [3.8, 4) is 11.1 Å². The van der Waals surface area contributed by atoms with Crippen LogP contribution in [0, 0.1) is 0 Å². The fourth-order valence-corrected chi connectivity index (χ4v) is 7.57. The molecule has 0 aliphatic rings. The summed E-state index contributed by atoms with van der Waals surface area (Å²) in [6.45, 7) is 0. The van der Waals surface area contributed by atoms with Crippen molar-refractivity contribution in [1.82, 2.24) is 4.34 Å². The van der Waals surface area contributed by atoms with Crippen LogP contribution < -0.4 is 10.6 Å².